The Morgan fingerprint density at radius 1 is 0.529 bits per heavy atom. The van der Waals surface area contributed by atoms with Crippen LogP contribution in [0.4, 0.5) is 0 Å². The minimum atomic E-state index is -1.80. The molecule has 2 aliphatic carbocycles. The normalized spacial score (nSPS) is 16.9. The van der Waals surface area contributed by atoms with Gasteiger partial charge in [-0.3, -0.25) is 43.2 Å². The van der Waals surface area contributed by atoms with E-state index in [0.29, 0.717) is 11.1 Å². The molecule has 0 aromatic heterocycles. The minimum absolute atomic E-state index is 0.0436. The number of benzene rings is 2. The number of nitrogens with one attached hydrogen (secondary N) is 6. The zero-order valence-electron chi connectivity index (χ0n) is 38.2. The number of aliphatic carboxylic acids is 3. The van der Waals surface area contributed by atoms with E-state index in [1.807, 2.05) is 0 Å². The zero-order valence-corrected chi connectivity index (χ0v) is 39.0. The number of carbonyl (C=O) groups excluding carboxylic acids is 7. The van der Waals surface area contributed by atoms with Gasteiger partial charge in [-0.15, -0.1) is 0 Å². The number of Topliss-reactive ketones (excluding diaryl/α,β-unsaturated/α-hetero) is 1. The smallest absolute Gasteiger partial charge is 0.374 e. The summed E-state index contributed by atoms with van der Waals surface area (Å²) in [6.45, 7) is 1.12. The lowest BCUT2D eigenvalue weighted by Crippen LogP contribution is -2.61. The second-order valence-corrected chi connectivity index (χ2v) is 18.0. The topological polar surface area (TPSA) is 304 Å². The van der Waals surface area contributed by atoms with Gasteiger partial charge in [0.25, 0.3) is 5.78 Å². The van der Waals surface area contributed by atoms with Gasteiger partial charge >= 0.3 is 17.9 Å². The molecular weight excluding hydrogens is 901 g/mol. The van der Waals surface area contributed by atoms with E-state index in [1.165, 1.54) is 0 Å². The summed E-state index contributed by atoms with van der Waals surface area (Å²) in [6.07, 6.45) is 6.64. The molecule has 2 saturated carbocycles. The van der Waals surface area contributed by atoms with Crippen molar-refractivity contribution in [1.82, 2.24) is 31.9 Å². The van der Waals surface area contributed by atoms with Gasteiger partial charge in [-0.25, -0.2) is 4.79 Å². The largest absolute Gasteiger partial charge is 0.481 e. The quantitative estimate of drug-likeness (QED) is 0.0480. The lowest BCUT2D eigenvalue weighted by Gasteiger charge is -2.33. The van der Waals surface area contributed by atoms with E-state index in [9.17, 15) is 58.5 Å². The number of amides is 6. The molecule has 20 heteroatoms. The van der Waals surface area contributed by atoms with Gasteiger partial charge in [-0.05, 0) is 42.2 Å². The summed E-state index contributed by atoms with van der Waals surface area (Å²) in [4.78, 5) is 131. The van der Waals surface area contributed by atoms with E-state index in [-0.39, 0.29) is 30.4 Å². The van der Waals surface area contributed by atoms with Crippen LogP contribution >= 0.6 is 12.6 Å². The highest BCUT2D eigenvalue weighted by Gasteiger charge is 2.39. The van der Waals surface area contributed by atoms with Crippen molar-refractivity contribution in [2.45, 2.75) is 145 Å². The summed E-state index contributed by atoms with van der Waals surface area (Å²) < 4.78 is 0. The predicted molar refractivity (Wildman–Crippen MR) is 250 cm³/mol. The SMILES string of the molecule is CC(=O)N[C@@H](CC(=O)O)C(=O)N[C@H](CC1CCCCC1)C(=O)N[C@H](C(=O)N[C@@H](CCC(=O)O)C(=O)N[C@@H](CC1CCCCC1)C(=O)N[C@@H](CS)C(=O)C(=O)O)C(c1ccccc1)c1ccccc1. The summed E-state index contributed by atoms with van der Waals surface area (Å²) in [7, 11) is 0. The fourth-order valence-electron chi connectivity index (χ4n) is 9.02. The van der Waals surface area contributed by atoms with Gasteiger partial charge in [0, 0.05) is 25.0 Å². The fraction of sp³-hybridized carbons (Fsp3) is 0.542. The van der Waals surface area contributed by atoms with Crippen molar-refractivity contribution < 1.29 is 63.3 Å². The molecule has 9 N–H and O–H groups in total. The van der Waals surface area contributed by atoms with E-state index in [0.717, 1.165) is 71.1 Å². The maximum Gasteiger partial charge on any atom is 0.374 e. The summed E-state index contributed by atoms with van der Waals surface area (Å²) in [6, 6.07) is 8.36. The van der Waals surface area contributed by atoms with Crippen LogP contribution in [0.25, 0.3) is 0 Å². The Labute approximate surface area is 400 Å². The predicted octanol–water partition coefficient (Wildman–Crippen LogP) is 2.61. The van der Waals surface area contributed by atoms with Crippen LogP contribution in [-0.2, 0) is 47.9 Å². The zero-order chi connectivity index (χ0) is 49.8. The molecule has 0 saturated heterocycles. The average molecular weight is 965 g/mol. The Hall–Kier alpha value is -6.31. The minimum Gasteiger partial charge on any atom is -0.481 e. The molecule has 2 fully saturated rings. The third kappa shape index (κ3) is 17.4. The number of ketones is 1. The van der Waals surface area contributed by atoms with Crippen LogP contribution in [0.15, 0.2) is 60.7 Å². The van der Waals surface area contributed by atoms with Gasteiger partial charge in [0.15, 0.2) is 0 Å². The summed E-state index contributed by atoms with van der Waals surface area (Å²) in [5, 5.41) is 44.1. The van der Waals surface area contributed by atoms with Crippen LogP contribution in [0.1, 0.15) is 120 Å². The van der Waals surface area contributed by atoms with Crippen LogP contribution in [0, 0.1) is 11.8 Å². The highest BCUT2D eigenvalue weighted by molar-refractivity contribution is 7.80. The molecular formula is C48H64N6O13S. The molecule has 0 aliphatic heterocycles. The monoisotopic (exact) mass is 964 g/mol. The number of hydrogen-bond acceptors (Lipinski definition) is 11. The molecule has 0 bridgehead atoms. The van der Waals surface area contributed by atoms with Crippen molar-refractivity contribution in [2.24, 2.45) is 11.8 Å². The molecule has 19 nitrogen and oxygen atoms in total. The molecule has 6 atom stereocenters. The Balaban J connectivity index is 1.76. The van der Waals surface area contributed by atoms with E-state index < -0.39 is 121 Å². The highest BCUT2D eigenvalue weighted by Crippen LogP contribution is 2.31. The van der Waals surface area contributed by atoms with Gasteiger partial charge in [0.05, 0.1) is 6.42 Å². The van der Waals surface area contributed by atoms with Crippen molar-refractivity contribution in [3.63, 3.8) is 0 Å². The van der Waals surface area contributed by atoms with Crippen LogP contribution in [-0.4, -0.2) is 116 Å². The van der Waals surface area contributed by atoms with E-state index in [1.54, 1.807) is 60.7 Å². The molecule has 370 valence electrons. The second kappa shape index (κ2) is 27.5. The van der Waals surface area contributed by atoms with E-state index >= 15 is 4.79 Å². The van der Waals surface area contributed by atoms with Gasteiger partial charge in [0.2, 0.25) is 35.4 Å². The number of carboxylic acid groups (broad SMARTS) is 3. The van der Waals surface area contributed by atoms with Crippen LogP contribution in [0.3, 0.4) is 0 Å². The molecule has 2 aliphatic rings. The molecule has 0 radical (unpaired) electrons. The molecule has 0 spiro atoms. The number of thiol groups is 1. The van der Waals surface area contributed by atoms with Gasteiger partial charge in [-0.1, -0.05) is 125 Å². The summed E-state index contributed by atoms with van der Waals surface area (Å²) >= 11 is 4.04. The molecule has 2 aromatic rings. The Morgan fingerprint density at radius 3 is 1.38 bits per heavy atom. The van der Waals surface area contributed by atoms with Crippen LogP contribution < -0.4 is 31.9 Å². The van der Waals surface area contributed by atoms with Crippen LogP contribution in [0.5, 0.6) is 0 Å². The number of rotatable bonds is 26. The Morgan fingerprint density at radius 2 is 0.956 bits per heavy atom. The van der Waals surface area contributed by atoms with Crippen LogP contribution in [0.2, 0.25) is 0 Å². The molecule has 68 heavy (non-hydrogen) atoms. The summed E-state index contributed by atoms with van der Waals surface area (Å²) in [5.74, 6) is -12.5. The Bertz CT molecular complexity index is 2030. The third-order valence-electron chi connectivity index (χ3n) is 12.5. The maximum atomic E-state index is 15.0. The standard InChI is InChI=1S/C48H64N6O13S/c1-28(55)49-36(26-39(58)59)45(63)52-35(25-30-16-8-3-9-17-30)46(64)54-41(40(31-18-10-4-11-19-31)32-20-12-5-13-21-32)47(65)50-33(22-23-38(56)57)43(61)51-34(24-29-14-6-2-7-15-29)44(62)53-37(27-68)42(60)48(66)67/h4-5,10-13,18-21,29-30,33-37,40-41,68H,2-3,6-9,14-17,22-27H2,1H3,(H,49,55)(H,50,65)(H,51,61)(H,52,63)(H,53,62)(H,54,64)(H,56,57)(H,58,59)(H,66,67)/t33-,34-,35+,36-,37-,41-/m0/s1. The highest BCUT2D eigenvalue weighted by atomic mass is 32.1. The molecule has 6 amide bonds. The number of carbonyl (C=O) groups is 10. The Kier molecular flexibility index (Phi) is 22.0. The van der Waals surface area contributed by atoms with Crippen molar-refractivity contribution in [1.29, 1.82) is 0 Å². The van der Waals surface area contributed by atoms with E-state index in [2.05, 4.69) is 44.5 Å². The number of carboxylic acids is 3. The molecule has 0 heterocycles. The van der Waals surface area contributed by atoms with Gasteiger partial charge in [0.1, 0.15) is 36.3 Å². The third-order valence-corrected chi connectivity index (χ3v) is 12.8. The first kappa shape index (κ1) is 54.3. The average Bonchev–Trinajstić information content (AvgIpc) is 3.31. The van der Waals surface area contributed by atoms with Crippen molar-refractivity contribution in [2.75, 3.05) is 5.75 Å². The second-order valence-electron chi connectivity index (χ2n) is 17.6. The van der Waals surface area contributed by atoms with Gasteiger partial charge in [-0.2, -0.15) is 12.6 Å². The first-order chi connectivity index (χ1) is 32.5. The lowest BCUT2D eigenvalue weighted by atomic mass is 9.83. The molecule has 4 rings (SSSR count). The maximum absolute atomic E-state index is 15.0. The molecule has 0 unspecified atom stereocenters. The number of hydrogen-bond donors (Lipinski definition) is 10. The first-order valence-corrected chi connectivity index (χ1v) is 23.8. The first-order valence-electron chi connectivity index (χ1n) is 23.2. The lowest BCUT2D eigenvalue weighted by molar-refractivity contribution is -0.150. The van der Waals surface area contributed by atoms with Crippen molar-refractivity contribution in [3.05, 3.63) is 71.8 Å². The van der Waals surface area contributed by atoms with Gasteiger partial charge < -0.3 is 47.2 Å². The van der Waals surface area contributed by atoms with Crippen molar-refractivity contribution >= 4 is 71.8 Å². The fourth-order valence-corrected chi connectivity index (χ4v) is 9.27. The van der Waals surface area contributed by atoms with E-state index in [4.69, 9.17) is 0 Å². The molecule has 2 aromatic carbocycles. The summed E-state index contributed by atoms with van der Waals surface area (Å²) in [5.41, 5.74) is 1.09. The van der Waals surface area contributed by atoms with Crippen molar-refractivity contribution in [3.8, 4) is 0 Å².